The van der Waals surface area contributed by atoms with Gasteiger partial charge in [-0.25, -0.2) is 0 Å². The van der Waals surface area contributed by atoms with Gasteiger partial charge in [-0.15, -0.1) is 17.5 Å². The molecule has 1 atom stereocenters. The van der Waals surface area contributed by atoms with Gasteiger partial charge in [0.2, 0.25) is 0 Å². The second kappa shape index (κ2) is 14.3. The second-order valence-corrected chi connectivity index (χ2v) is 10.7. The molecule has 35 heavy (non-hydrogen) atoms. The van der Waals surface area contributed by atoms with Crippen molar-refractivity contribution in [1.82, 2.24) is 4.90 Å². The summed E-state index contributed by atoms with van der Waals surface area (Å²) in [4.78, 5) is 15.1. The first-order valence-electron chi connectivity index (χ1n) is 11.5. The number of hydrogen-bond acceptors (Lipinski definition) is 8. The summed E-state index contributed by atoms with van der Waals surface area (Å²) < 4.78 is 32.0. The maximum Gasteiger partial charge on any atom is 0.328 e. The number of rotatable bonds is 14. The molecule has 1 unspecified atom stereocenters. The minimum Gasteiger partial charge on any atom is -0.382 e. The normalized spacial score (nSPS) is 12.1. The van der Waals surface area contributed by atoms with Crippen molar-refractivity contribution in [3.8, 4) is 17.6 Å². The summed E-state index contributed by atoms with van der Waals surface area (Å²) in [5.74, 6) is 6.49. The number of anilines is 1. The van der Waals surface area contributed by atoms with Crippen LogP contribution in [0.25, 0.3) is 0 Å². The van der Waals surface area contributed by atoms with Crippen molar-refractivity contribution in [3.63, 3.8) is 0 Å². The highest BCUT2D eigenvalue weighted by Gasteiger charge is 2.35. The molecule has 1 heterocycles. The highest BCUT2D eigenvalue weighted by molar-refractivity contribution is 7.87. The van der Waals surface area contributed by atoms with Crippen LogP contribution >= 0.6 is 22.9 Å². The molecule has 2 rings (SSSR count). The Balaban J connectivity index is 2.30. The molecule has 0 aliphatic rings. The molecule has 2 aromatic rings. The number of nitrogens with zero attached hydrogens (tertiary/aromatic N) is 3. The summed E-state index contributed by atoms with van der Waals surface area (Å²) >= 11 is 6.78. The first kappa shape index (κ1) is 28.9. The fourth-order valence-electron chi connectivity index (χ4n) is 3.50. The van der Waals surface area contributed by atoms with Crippen LogP contribution in [0.3, 0.4) is 0 Å². The molecule has 0 spiro atoms. The SMILES string of the molecule is CCCN(CCCl)c1ccc(OS(=O)(=O)C(CC#CCN(CC)CC)c2ccsc2[N+](=O)[O-])cc1. The van der Waals surface area contributed by atoms with Crippen LogP contribution in [0.15, 0.2) is 35.7 Å². The van der Waals surface area contributed by atoms with E-state index in [9.17, 15) is 18.5 Å². The van der Waals surface area contributed by atoms with E-state index in [4.69, 9.17) is 15.8 Å². The molecule has 0 N–H and O–H groups in total. The van der Waals surface area contributed by atoms with Crippen molar-refractivity contribution in [1.29, 1.82) is 0 Å². The molecule has 0 saturated carbocycles. The van der Waals surface area contributed by atoms with Gasteiger partial charge >= 0.3 is 15.1 Å². The van der Waals surface area contributed by atoms with E-state index in [2.05, 4.69) is 28.6 Å². The van der Waals surface area contributed by atoms with Crippen molar-refractivity contribution in [2.45, 2.75) is 38.9 Å². The van der Waals surface area contributed by atoms with E-state index in [1.54, 1.807) is 24.3 Å². The number of thiophene rings is 1. The third-order valence-electron chi connectivity index (χ3n) is 5.41. The number of alkyl halides is 1. The molecule has 0 amide bonds. The van der Waals surface area contributed by atoms with Crippen molar-refractivity contribution >= 4 is 43.7 Å². The van der Waals surface area contributed by atoms with Crippen LogP contribution < -0.4 is 9.08 Å². The number of halogens is 1. The third kappa shape index (κ3) is 8.39. The standard InChI is InChI=1S/C24H32ClN3O5S2/c1-4-16-27(18-15-25)20-10-12-21(13-11-20)33-35(31,32)23(9-7-8-17-26(5-2)6-3)22-14-19-34-24(22)28(29)30/h10-14,19,23H,4-6,9,15-18H2,1-3H3. The van der Waals surface area contributed by atoms with Crippen molar-refractivity contribution in [2.24, 2.45) is 0 Å². The van der Waals surface area contributed by atoms with E-state index in [-0.39, 0.29) is 22.7 Å². The van der Waals surface area contributed by atoms with Crippen molar-refractivity contribution < 1.29 is 17.5 Å². The van der Waals surface area contributed by atoms with Crippen LogP contribution in [0.5, 0.6) is 5.75 Å². The molecule has 0 saturated heterocycles. The molecule has 8 nitrogen and oxygen atoms in total. The van der Waals surface area contributed by atoms with Gasteiger partial charge in [0.05, 0.1) is 17.0 Å². The molecular formula is C24H32ClN3O5S2. The second-order valence-electron chi connectivity index (χ2n) is 7.69. The van der Waals surface area contributed by atoms with Gasteiger partial charge in [0.25, 0.3) is 0 Å². The predicted molar refractivity (Wildman–Crippen MR) is 143 cm³/mol. The summed E-state index contributed by atoms with van der Waals surface area (Å²) in [5.41, 5.74) is 0.995. The van der Waals surface area contributed by atoms with Gasteiger partial charge in [-0.1, -0.05) is 38.0 Å². The maximum absolute atomic E-state index is 13.3. The van der Waals surface area contributed by atoms with Crippen LogP contribution in [-0.4, -0.2) is 56.8 Å². The van der Waals surface area contributed by atoms with Crippen molar-refractivity contribution in [2.75, 3.05) is 43.5 Å². The number of benzene rings is 1. The zero-order valence-electron chi connectivity index (χ0n) is 20.3. The quantitative estimate of drug-likeness (QED) is 0.105. The molecule has 192 valence electrons. The Morgan fingerprint density at radius 3 is 2.37 bits per heavy atom. The summed E-state index contributed by atoms with van der Waals surface area (Å²) in [6.07, 6.45) is 0.833. The van der Waals surface area contributed by atoms with E-state index < -0.39 is 20.3 Å². The molecule has 0 aliphatic heterocycles. The van der Waals surface area contributed by atoms with Crippen molar-refractivity contribution in [3.05, 3.63) is 51.4 Å². The summed E-state index contributed by atoms with van der Waals surface area (Å²) in [7, 11) is -4.27. The lowest BCUT2D eigenvalue weighted by Gasteiger charge is -2.23. The summed E-state index contributed by atoms with van der Waals surface area (Å²) in [6, 6.07) is 8.17. The minimum atomic E-state index is -4.27. The van der Waals surface area contributed by atoms with Gasteiger partial charge in [-0.3, -0.25) is 15.0 Å². The zero-order valence-corrected chi connectivity index (χ0v) is 22.7. The first-order valence-corrected chi connectivity index (χ1v) is 14.4. The molecule has 0 bridgehead atoms. The number of nitro groups is 1. The molecule has 1 aromatic heterocycles. The highest BCUT2D eigenvalue weighted by atomic mass is 35.5. The Bertz CT molecular complexity index is 1100. The Morgan fingerprint density at radius 2 is 1.80 bits per heavy atom. The van der Waals surface area contributed by atoms with Crippen LogP contribution in [0.1, 0.15) is 44.4 Å². The molecule has 11 heteroatoms. The van der Waals surface area contributed by atoms with Crippen LogP contribution in [0.4, 0.5) is 10.7 Å². The Kier molecular flexibility index (Phi) is 11.8. The van der Waals surface area contributed by atoms with Crippen LogP contribution in [-0.2, 0) is 10.1 Å². The Hall–Kier alpha value is -2.32. The maximum atomic E-state index is 13.3. The van der Waals surface area contributed by atoms with Gasteiger partial charge in [0.1, 0.15) is 11.0 Å². The molecule has 0 fully saturated rings. The largest absolute Gasteiger partial charge is 0.382 e. The van der Waals surface area contributed by atoms with Gasteiger partial charge in [0.15, 0.2) is 0 Å². The van der Waals surface area contributed by atoms with Gasteiger partial charge in [-0.2, -0.15) is 8.42 Å². The lowest BCUT2D eigenvalue weighted by Crippen LogP contribution is -2.26. The Labute approximate surface area is 217 Å². The molecule has 0 radical (unpaired) electrons. The smallest absolute Gasteiger partial charge is 0.328 e. The van der Waals surface area contributed by atoms with Crippen LogP contribution in [0, 0.1) is 22.0 Å². The molecule has 0 aliphatic carbocycles. The lowest BCUT2D eigenvalue weighted by molar-refractivity contribution is -0.380. The fraction of sp³-hybridized carbons (Fsp3) is 0.500. The summed E-state index contributed by atoms with van der Waals surface area (Å²) in [6.45, 7) is 9.73. The predicted octanol–water partition coefficient (Wildman–Crippen LogP) is 5.30. The van der Waals surface area contributed by atoms with Gasteiger partial charge in [0, 0.05) is 31.1 Å². The van der Waals surface area contributed by atoms with E-state index in [0.717, 1.165) is 43.1 Å². The number of hydrogen-bond donors (Lipinski definition) is 0. The van der Waals surface area contributed by atoms with Gasteiger partial charge in [-0.05, 0) is 55.2 Å². The molecular weight excluding hydrogens is 510 g/mol. The minimum absolute atomic E-state index is 0.0880. The van der Waals surface area contributed by atoms with E-state index in [1.807, 2.05) is 13.8 Å². The monoisotopic (exact) mass is 541 g/mol. The topological polar surface area (TPSA) is 93.0 Å². The fourth-order valence-corrected chi connectivity index (χ4v) is 5.84. The third-order valence-corrected chi connectivity index (χ3v) is 8.00. The zero-order chi connectivity index (χ0) is 25.8. The van der Waals surface area contributed by atoms with E-state index in [0.29, 0.717) is 19.0 Å². The van der Waals surface area contributed by atoms with Gasteiger partial charge < -0.3 is 9.08 Å². The van der Waals surface area contributed by atoms with E-state index >= 15 is 0 Å². The lowest BCUT2D eigenvalue weighted by atomic mass is 10.1. The average Bonchev–Trinajstić information content (AvgIpc) is 3.31. The Morgan fingerprint density at radius 1 is 1.11 bits per heavy atom. The average molecular weight is 542 g/mol. The van der Waals surface area contributed by atoms with E-state index in [1.165, 1.54) is 11.4 Å². The highest BCUT2D eigenvalue weighted by Crippen LogP contribution is 2.38. The first-order chi connectivity index (χ1) is 16.8. The molecule has 1 aromatic carbocycles. The summed E-state index contributed by atoms with van der Waals surface area (Å²) in [5, 5.41) is 11.5. The van der Waals surface area contributed by atoms with Crippen LogP contribution in [0.2, 0.25) is 0 Å².